The Bertz CT molecular complexity index is 734. The molecule has 0 aliphatic carbocycles. The smallest absolute Gasteiger partial charge is 0.319 e. The first-order valence-electron chi connectivity index (χ1n) is 8.02. The van der Waals surface area contributed by atoms with Crippen LogP contribution in [0.2, 0.25) is 0 Å². The first kappa shape index (κ1) is 19.7. The van der Waals surface area contributed by atoms with E-state index in [-0.39, 0.29) is 11.9 Å². The number of carbonyl (C=O) groups is 2. The van der Waals surface area contributed by atoms with E-state index >= 15 is 0 Å². The maximum Gasteiger partial charge on any atom is 0.319 e. The Morgan fingerprint density at radius 1 is 1.27 bits per heavy atom. The van der Waals surface area contributed by atoms with Gasteiger partial charge in [-0.25, -0.2) is 9.78 Å². The van der Waals surface area contributed by atoms with E-state index < -0.39 is 0 Å². The second-order valence-electron chi connectivity index (χ2n) is 5.84. The summed E-state index contributed by atoms with van der Waals surface area (Å²) in [6.07, 6.45) is 1.44. The maximum atomic E-state index is 12.0. The van der Waals surface area contributed by atoms with Crippen molar-refractivity contribution in [1.82, 2.24) is 25.4 Å². The minimum absolute atomic E-state index is 0.107. The van der Waals surface area contributed by atoms with Gasteiger partial charge in [0.05, 0.1) is 6.54 Å². The van der Waals surface area contributed by atoms with Crippen molar-refractivity contribution in [3.05, 3.63) is 30.1 Å². The molecule has 0 unspecified atom stereocenters. The molecule has 4 N–H and O–H groups in total. The van der Waals surface area contributed by atoms with Crippen LogP contribution in [0, 0.1) is 6.92 Å². The topological polar surface area (TPSA) is 115 Å². The molecule has 0 radical (unpaired) electrons. The molecule has 0 saturated carbocycles. The third kappa shape index (κ3) is 6.73. The average molecular weight is 377 g/mol. The van der Waals surface area contributed by atoms with Gasteiger partial charge in [0.15, 0.2) is 5.16 Å². The molecular weight excluding hydrogens is 354 g/mol. The second-order valence-corrected chi connectivity index (χ2v) is 6.92. The van der Waals surface area contributed by atoms with Gasteiger partial charge >= 0.3 is 6.03 Å². The Hall–Kier alpha value is -2.59. The fraction of sp³-hybridized carbons (Fsp3) is 0.375. The number of hydrogen-bond acceptors (Lipinski definition) is 6. The predicted octanol–water partition coefficient (Wildman–Crippen LogP) is 1.53. The van der Waals surface area contributed by atoms with E-state index in [0.29, 0.717) is 35.4 Å². The number of aromatic nitrogens is 3. The number of urea groups is 1. The van der Waals surface area contributed by atoms with Gasteiger partial charge in [0.25, 0.3) is 0 Å². The van der Waals surface area contributed by atoms with E-state index in [9.17, 15) is 9.59 Å². The van der Waals surface area contributed by atoms with Crippen molar-refractivity contribution in [2.45, 2.75) is 12.1 Å². The minimum Gasteiger partial charge on any atom is -0.337 e. The number of aryl methyl sites for hydroxylation is 1. The van der Waals surface area contributed by atoms with Crippen LogP contribution in [0.4, 0.5) is 16.2 Å². The quantitative estimate of drug-likeness (QED) is 0.410. The van der Waals surface area contributed by atoms with E-state index in [1.807, 2.05) is 27.1 Å². The SMILES string of the molecule is Cc1ccc(NC(=O)NCCSc2ncn[nH]2)cc1NC(=O)CN(C)C. The monoisotopic (exact) mass is 377 g/mol. The van der Waals surface area contributed by atoms with E-state index in [4.69, 9.17) is 0 Å². The number of nitrogens with zero attached hydrogens (tertiary/aromatic N) is 3. The predicted molar refractivity (Wildman–Crippen MR) is 102 cm³/mol. The molecular formula is C16H23N7O2S. The van der Waals surface area contributed by atoms with Crippen molar-refractivity contribution in [1.29, 1.82) is 0 Å². The van der Waals surface area contributed by atoms with Crippen molar-refractivity contribution in [2.75, 3.05) is 43.6 Å². The van der Waals surface area contributed by atoms with Gasteiger partial charge in [-0.3, -0.25) is 9.89 Å². The highest BCUT2D eigenvalue weighted by Crippen LogP contribution is 2.20. The van der Waals surface area contributed by atoms with Gasteiger partial charge in [0, 0.05) is 23.7 Å². The summed E-state index contributed by atoms with van der Waals surface area (Å²) in [6.45, 7) is 2.67. The van der Waals surface area contributed by atoms with Crippen molar-refractivity contribution in [3.8, 4) is 0 Å². The number of benzene rings is 1. The molecule has 0 aliphatic rings. The lowest BCUT2D eigenvalue weighted by molar-refractivity contribution is -0.116. The van der Waals surface area contributed by atoms with Crippen LogP contribution < -0.4 is 16.0 Å². The zero-order valence-corrected chi connectivity index (χ0v) is 15.8. The van der Waals surface area contributed by atoms with E-state index in [1.165, 1.54) is 18.1 Å². The number of H-pyrrole nitrogens is 1. The summed E-state index contributed by atoms with van der Waals surface area (Å²) in [5, 5.41) is 15.6. The van der Waals surface area contributed by atoms with Gasteiger partial charge in [-0.15, -0.1) is 0 Å². The van der Waals surface area contributed by atoms with E-state index in [0.717, 1.165) is 5.56 Å². The summed E-state index contributed by atoms with van der Waals surface area (Å²) in [5.74, 6) is 0.562. The summed E-state index contributed by atoms with van der Waals surface area (Å²) >= 11 is 1.47. The van der Waals surface area contributed by atoms with Gasteiger partial charge in [0.1, 0.15) is 6.33 Å². The lowest BCUT2D eigenvalue weighted by Crippen LogP contribution is -2.30. The van der Waals surface area contributed by atoms with Crippen molar-refractivity contribution < 1.29 is 9.59 Å². The largest absolute Gasteiger partial charge is 0.337 e. The Balaban J connectivity index is 1.81. The molecule has 0 spiro atoms. The average Bonchev–Trinajstić information content (AvgIpc) is 3.07. The number of hydrogen-bond donors (Lipinski definition) is 4. The van der Waals surface area contributed by atoms with Crippen molar-refractivity contribution in [3.63, 3.8) is 0 Å². The molecule has 0 atom stereocenters. The standard InChI is InChI=1S/C16H23N7O2S/c1-11-4-5-12(8-13(11)21-14(24)9-23(2)3)20-15(25)17-6-7-26-16-18-10-19-22-16/h4-5,8,10H,6-7,9H2,1-3H3,(H,21,24)(H2,17,20,25)(H,18,19,22). The molecule has 26 heavy (non-hydrogen) atoms. The van der Waals surface area contributed by atoms with Gasteiger partial charge in [-0.2, -0.15) is 5.10 Å². The number of likely N-dealkylation sites (N-methyl/N-ethyl adjacent to an activating group) is 1. The van der Waals surface area contributed by atoms with E-state index in [1.54, 1.807) is 17.0 Å². The molecule has 0 bridgehead atoms. The molecule has 3 amide bonds. The van der Waals surface area contributed by atoms with Gasteiger partial charge in [-0.1, -0.05) is 17.8 Å². The lowest BCUT2D eigenvalue weighted by Gasteiger charge is -2.14. The molecule has 10 heteroatoms. The summed E-state index contributed by atoms with van der Waals surface area (Å²) in [4.78, 5) is 29.7. The minimum atomic E-state index is -0.308. The maximum absolute atomic E-state index is 12.0. The Kier molecular flexibility index (Phi) is 7.42. The highest BCUT2D eigenvalue weighted by atomic mass is 32.2. The van der Waals surface area contributed by atoms with Gasteiger partial charge in [-0.05, 0) is 38.7 Å². The number of anilines is 2. The fourth-order valence-corrected chi connectivity index (χ4v) is 2.70. The van der Waals surface area contributed by atoms with E-state index in [2.05, 4.69) is 31.1 Å². The number of nitrogens with one attached hydrogen (secondary N) is 4. The lowest BCUT2D eigenvalue weighted by atomic mass is 10.1. The van der Waals surface area contributed by atoms with Crippen LogP contribution in [-0.2, 0) is 4.79 Å². The summed E-state index contributed by atoms with van der Waals surface area (Å²) in [6, 6.07) is 5.07. The molecule has 0 aliphatic heterocycles. The molecule has 1 aromatic heterocycles. The van der Waals surface area contributed by atoms with Crippen LogP contribution in [0.3, 0.4) is 0 Å². The fourth-order valence-electron chi connectivity index (χ4n) is 2.06. The van der Waals surface area contributed by atoms with Crippen LogP contribution in [0.25, 0.3) is 0 Å². The summed E-state index contributed by atoms with van der Waals surface area (Å²) < 4.78 is 0. The molecule has 0 saturated heterocycles. The number of amides is 3. The van der Waals surface area contributed by atoms with Crippen molar-refractivity contribution >= 4 is 35.1 Å². The Morgan fingerprint density at radius 3 is 2.77 bits per heavy atom. The van der Waals surface area contributed by atoms with Gasteiger partial charge in [0.2, 0.25) is 5.91 Å². The summed E-state index contributed by atoms with van der Waals surface area (Å²) in [5.41, 5.74) is 2.21. The van der Waals surface area contributed by atoms with Crippen molar-refractivity contribution in [2.24, 2.45) is 0 Å². The van der Waals surface area contributed by atoms with Crippen LogP contribution in [-0.4, -0.2) is 65.0 Å². The molecule has 1 heterocycles. The van der Waals surface area contributed by atoms with Crippen LogP contribution in [0.5, 0.6) is 0 Å². The third-order valence-electron chi connectivity index (χ3n) is 3.25. The number of rotatable bonds is 8. The number of thioether (sulfide) groups is 1. The summed E-state index contributed by atoms with van der Waals surface area (Å²) in [7, 11) is 3.66. The zero-order valence-electron chi connectivity index (χ0n) is 15.0. The van der Waals surface area contributed by atoms with Crippen LogP contribution in [0.15, 0.2) is 29.7 Å². The van der Waals surface area contributed by atoms with Crippen LogP contribution >= 0.6 is 11.8 Å². The molecule has 9 nitrogen and oxygen atoms in total. The first-order chi connectivity index (χ1) is 12.4. The number of carbonyl (C=O) groups excluding carboxylic acids is 2. The highest BCUT2D eigenvalue weighted by Gasteiger charge is 2.08. The van der Waals surface area contributed by atoms with Crippen LogP contribution in [0.1, 0.15) is 5.56 Å². The molecule has 140 valence electrons. The molecule has 1 aromatic carbocycles. The third-order valence-corrected chi connectivity index (χ3v) is 4.13. The molecule has 0 fully saturated rings. The molecule has 2 aromatic rings. The number of aromatic amines is 1. The molecule has 2 rings (SSSR count). The Morgan fingerprint density at radius 2 is 2.08 bits per heavy atom. The Labute approximate surface area is 156 Å². The highest BCUT2D eigenvalue weighted by molar-refractivity contribution is 7.99. The zero-order chi connectivity index (χ0) is 18.9. The first-order valence-corrected chi connectivity index (χ1v) is 9.01. The second kappa shape index (κ2) is 9.78. The van der Waals surface area contributed by atoms with Gasteiger partial charge < -0.3 is 20.9 Å². The normalized spacial score (nSPS) is 10.6.